The van der Waals surface area contributed by atoms with Crippen molar-refractivity contribution in [1.82, 2.24) is 0 Å². The van der Waals surface area contributed by atoms with Crippen LogP contribution in [0.3, 0.4) is 0 Å². The van der Waals surface area contributed by atoms with E-state index in [1.807, 2.05) is 0 Å². The molecule has 0 spiro atoms. The third-order valence-electron chi connectivity index (χ3n) is 15.3. The van der Waals surface area contributed by atoms with E-state index >= 15 is 0 Å². The van der Waals surface area contributed by atoms with Crippen LogP contribution in [0.25, 0.3) is 0 Å². The molecule has 0 aromatic rings. The minimum absolute atomic E-state index is 0.105. The first kappa shape index (κ1) is 34.9. The summed E-state index contributed by atoms with van der Waals surface area (Å²) in [5.41, 5.74) is -1.76. The maximum absolute atomic E-state index is 13.2. The maximum Gasteiger partial charge on any atom is 0.187 e. The lowest BCUT2D eigenvalue weighted by Gasteiger charge is -2.72. The Morgan fingerprint density at radius 3 is 2.17 bits per heavy atom. The Hall–Kier alpha value is -0.950. The Bertz CT molecular complexity index is 1240. The molecular weight excluding hydrogens is 592 g/mol. The molecule has 0 radical (unpaired) electrons. The smallest absolute Gasteiger partial charge is 0.187 e. The van der Waals surface area contributed by atoms with Gasteiger partial charge in [0.25, 0.3) is 0 Å². The fraction of sp³-hybridized carbons (Fsp3) is 0.917. The molecule has 0 aromatic carbocycles. The van der Waals surface area contributed by atoms with Crippen LogP contribution in [0.2, 0.25) is 0 Å². The molecule has 6 aliphatic rings. The van der Waals surface area contributed by atoms with Crippen LogP contribution in [0.1, 0.15) is 93.4 Å². The number of rotatable bonds is 4. The van der Waals surface area contributed by atoms with Crippen LogP contribution >= 0.6 is 0 Å². The zero-order valence-electron chi connectivity index (χ0n) is 28.6. The standard InChI is InChI=1S/C36H58O10/c1-31(2)12-19-18-8-9-22-32(3)11-10-25(46-30-28(44)27(43)26(42)21(16-37)45-30)34(5,17-38)29(32)20(39)13-36(22,7)35(18,6)15-24(41)33(19,4)14-23(31)40/h8,17,19-30,37,39-44H,9-16H2,1-7H3. The highest BCUT2D eigenvalue weighted by atomic mass is 16.7. The lowest BCUT2D eigenvalue weighted by Crippen LogP contribution is -2.70. The Kier molecular flexibility index (Phi) is 8.36. The van der Waals surface area contributed by atoms with Gasteiger partial charge in [0.15, 0.2) is 6.29 Å². The van der Waals surface area contributed by atoms with Gasteiger partial charge in [-0.25, -0.2) is 0 Å². The molecule has 1 aliphatic heterocycles. The minimum atomic E-state index is -1.59. The normalized spacial score (nSPS) is 58.1. The van der Waals surface area contributed by atoms with Gasteiger partial charge in [-0.2, -0.15) is 0 Å². The van der Waals surface area contributed by atoms with E-state index in [0.717, 1.165) is 19.1 Å². The van der Waals surface area contributed by atoms with Crippen molar-refractivity contribution in [2.75, 3.05) is 6.61 Å². The molecule has 4 saturated carbocycles. The molecule has 5 fully saturated rings. The summed E-state index contributed by atoms with van der Waals surface area (Å²) in [5, 5.41) is 76.2. The fourth-order valence-electron chi connectivity index (χ4n) is 12.2. The lowest BCUT2D eigenvalue weighted by atomic mass is 9.33. The van der Waals surface area contributed by atoms with E-state index in [0.29, 0.717) is 32.1 Å². The second kappa shape index (κ2) is 11.0. The summed E-state index contributed by atoms with van der Waals surface area (Å²) < 4.78 is 11.9. The van der Waals surface area contributed by atoms with Gasteiger partial charge in [0.05, 0.1) is 36.4 Å². The molecule has 5 aliphatic carbocycles. The number of hydrogen-bond acceptors (Lipinski definition) is 10. The number of aliphatic hydroxyl groups excluding tert-OH is 7. The summed E-state index contributed by atoms with van der Waals surface area (Å²) in [6, 6.07) is 0. The van der Waals surface area contributed by atoms with Gasteiger partial charge in [-0.1, -0.05) is 60.1 Å². The Labute approximate surface area is 273 Å². The van der Waals surface area contributed by atoms with Crippen LogP contribution in [0, 0.1) is 50.2 Å². The van der Waals surface area contributed by atoms with E-state index in [-0.39, 0.29) is 22.7 Å². The van der Waals surface area contributed by atoms with Crippen LogP contribution in [0.15, 0.2) is 11.6 Å². The van der Waals surface area contributed by atoms with Crippen LogP contribution < -0.4 is 0 Å². The Morgan fingerprint density at radius 1 is 0.870 bits per heavy atom. The van der Waals surface area contributed by atoms with Gasteiger partial charge in [-0.15, -0.1) is 0 Å². The number of carbonyl (C=O) groups is 1. The predicted octanol–water partition coefficient (Wildman–Crippen LogP) is 2.08. The maximum atomic E-state index is 13.2. The van der Waals surface area contributed by atoms with Crippen molar-refractivity contribution in [1.29, 1.82) is 0 Å². The van der Waals surface area contributed by atoms with Gasteiger partial charge in [-0.3, -0.25) is 0 Å². The molecule has 262 valence electrons. The molecule has 7 N–H and O–H groups in total. The van der Waals surface area contributed by atoms with Crippen molar-refractivity contribution >= 4 is 6.29 Å². The van der Waals surface area contributed by atoms with E-state index in [1.165, 1.54) is 5.57 Å². The highest BCUT2D eigenvalue weighted by Gasteiger charge is 2.72. The first-order valence-corrected chi connectivity index (χ1v) is 17.4. The average Bonchev–Trinajstić information content (AvgIpc) is 2.97. The van der Waals surface area contributed by atoms with Gasteiger partial charge in [0.1, 0.15) is 30.7 Å². The third kappa shape index (κ3) is 4.50. The molecule has 10 nitrogen and oxygen atoms in total. The number of allylic oxidation sites excluding steroid dienone is 2. The van der Waals surface area contributed by atoms with Gasteiger partial charge in [0, 0.05) is 11.3 Å². The summed E-state index contributed by atoms with van der Waals surface area (Å²) in [6.07, 6.45) is -2.41. The second-order valence-corrected chi connectivity index (χ2v) is 18.0. The third-order valence-corrected chi connectivity index (χ3v) is 15.3. The number of fused-ring (bicyclic) bond motifs is 7. The second-order valence-electron chi connectivity index (χ2n) is 18.0. The van der Waals surface area contributed by atoms with Crippen LogP contribution in [-0.4, -0.2) is 104 Å². The van der Waals surface area contributed by atoms with Gasteiger partial charge < -0.3 is 50.0 Å². The largest absolute Gasteiger partial charge is 0.394 e. The molecule has 1 heterocycles. The zero-order valence-corrected chi connectivity index (χ0v) is 28.6. The number of aldehydes is 1. The number of aliphatic hydroxyl groups is 7. The molecule has 6 rings (SSSR count). The van der Waals surface area contributed by atoms with Crippen LogP contribution in [0.5, 0.6) is 0 Å². The zero-order chi connectivity index (χ0) is 34.0. The summed E-state index contributed by atoms with van der Waals surface area (Å²) in [4.78, 5) is 13.2. The number of ether oxygens (including phenoxy) is 2. The van der Waals surface area contributed by atoms with E-state index in [4.69, 9.17) is 9.47 Å². The van der Waals surface area contributed by atoms with Crippen molar-refractivity contribution < 1.29 is 50.0 Å². The number of carbonyl (C=O) groups excluding carboxylic acids is 1. The van der Waals surface area contributed by atoms with Crippen LogP contribution in [-0.2, 0) is 14.3 Å². The molecule has 0 aromatic heterocycles. The molecule has 0 bridgehead atoms. The lowest BCUT2D eigenvalue weighted by molar-refractivity contribution is -0.331. The summed E-state index contributed by atoms with van der Waals surface area (Å²) >= 11 is 0. The highest BCUT2D eigenvalue weighted by molar-refractivity contribution is 5.62. The monoisotopic (exact) mass is 650 g/mol. The first-order chi connectivity index (χ1) is 21.2. The van der Waals surface area contributed by atoms with Gasteiger partial charge >= 0.3 is 0 Å². The predicted molar refractivity (Wildman–Crippen MR) is 168 cm³/mol. The Morgan fingerprint density at radius 2 is 1.54 bits per heavy atom. The van der Waals surface area contributed by atoms with Crippen molar-refractivity contribution in [3.63, 3.8) is 0 Å². The Balaban J connectivity index is 1.35. The van der Waals surface area contributed by atoms with Crippen molar-refractivity contribution in [3.05, 3.63) is 11.6 Å². The molecule has 10 heteroatoms. The summed E-state index contributed by atoms with van der Waals surface area (Å²) in [7, 11) is 0. The number of hydrogen-bond donors (Lipinski definition) is 7. The fourth-order valence-corrected chi connectivity index (χ4v) is 12.2. The van der Waals surface area contributed by atoms with Crippen LogP contribution in [0.4, 0.5) is 0 Å². The van der Waals surface area contributed by atoms with E-state index in [1.54, 1.807) is 6.92 Å². The molecule has 0 amide bonds. The van der Waals surface area contributed by atoms with Gasteiger partial charge in [0.2, 0.25) is 0 Å². The summed E-state index contributed by atoms with van der Waals surface area (Å²) in [5.74, 6) is -0.253. The molecule has 17 atom stereocenters. The van der Waals surface area contributed by atoms with E-state index in [9.17, 15) is 40.5 Å². The molecule has 1 saturated heterocycles. The SMILES string of the molecule is CC1(C)CC2C3=CCC4C5(C)CCC(OC6OC(CO)C(O)C(O)C6O)C(C)(C=O)C5C(O)CC4(C)C3(C)CC(O)C2(C)CC1O. The van der Waals surface area contributed by atoms with E-state index < -0.39 is 89.3 Å². The molecule has 46 heavy (non-hydrogen) atoms. The topological polar surface area (TPSA) is 177 Å². The van der Waals surface area contributed by atoms with Gasteiger partial charge in [-0.05, 0) is 78.4 Å². The molecular formula is C36H58O10. The minimum Gasteiger partial charge on any atom is -0.394 e. The highest BCUT2D eigenvalue weighted by Crippen LogP contribution is 2.75. The molecule has 17 unspecified atom stereocenters. The summed E-state index contributed by atoms with van der Waals surface area (Å²) in [6.45, 7) is 14.3. The first-order valence-electron chi connectivity index (χ1n) is 17.4. The van der Waals surface area contributed by atoms with Crippen molar-refractivity contribution in [2.24, 2.45) is 50.2 Å². The van der Waals surface area contributed by atoms with Crippen molar-refractivity contribution in [3.8, 4) is 0 Å². The average molecular weight is 651 g/mol. The van der Waals surface area contributed by atoms with E-state index in [2.05, 4.69) is 47.6 Å². The quantitative estimate of drug-likeness (QED) is 0.135. The van der Waals surface area contributed by atoms with Crippen molar-refractivity contribution in [2.45, 2.75) is 149 Å².